The van der Waals surface area contributed by atoms with E-state index < -0.39 is 0 Å². The van der Waals surface area contributed by atoms with Crippen LogP contribution >= 0.6 is 11.6 Å². The minimum Gasteiger partial charge on any atom is -0.356 e. The first-order valence-electron chi connectivity index (χ1n) is 11.8. The van der Waals surface area contributed by atoms with Crippen molar-refractivity contribution in [1.29, 1.82) is 0 Å². The molecule has 0 bridgehead atoms. The van der Waals surface area contributed by atoms with Crippen LogP contribution in [0.4, 0.5) is 5.82 Å². The molecule has 4 aromatic rings. The van der Waals surface area contributed by atoms with Crippen molar-refractivity contribution >= 4 is 23.3 Å². The summed E-state index contributed by atoms with van der Waals surface area (Å²) >= 11 is 6.10. The molecule has 0 saturated carbocycles. The molecule has 3 heterocycles. The largest absolute Gasteiger partial charge is 0.356 e. The molecule has 0 radical (unpaired) electrons. The number of halogens is 1. The van der Waals surface area contributed by atoms with Gasteiger partial charge in [0.25, 0.3) is 5.89 Å². The smallest absolute Gasteiger partial charge is 0.261 e. The number of benzene rings is 2. The van der Waals surface area contributed by atoms with Gasteiger partial charge in [0, 0.05) is 42.3 Å². The number of piperidine rings is 1. The predicted octanol–water partition coefficient (Wildman–Crippen LogP) is 5.03. The highest BCUT2D eigenvalue weighted by atomic mass is 35.5. The number of pyridine rings is 1. The van der Waals surface area contributed by atoms with E-state index in [-0.39, 0.29) is 11.8 Å². The molecule has 35 heavy (non-hydrogen) atoms. The van der Waals surface area contributed by atoms with Gasteiger partial charge in [-0.1, -0.05) is 59.2 Å². The Bertz CT molecular complexity index is 1290. The molecular formula is C27H26ClN5O2. The van der Waals surface area contributed by atoms with Gasteiger partial charge in [-0.2, -0.15) is 4.98 Å². The van der Waals surface area contributed by atoms with Gasteiger partial charge >= 0.3 is 0 Å². The van der Waals surface area contributed by atoms with E-state index in [1.807, 2.05) is 42.5 Å². The van der Waals surface area contributed by atoms with Crippen molar-refractivity contribution in [3.8, 4) is 22.8 Å². The average molecular weight is 488 g/mol. The molecule has 1 aliphatic heterocycles. The third-order valence-electron chi connectivity index (χ3n) is 6.25. The zero-order chi connectivity index (χ0) is 24.0. The Labute approximate surface area is 209 Å². The van der Waals surface area contributed by atoms with Gasteiger partial charge in [0.1, 0.15) is 5.82 Å². The Morgan fingerprint density at radius 2 is 1.89 bits per heavy atom. The molecule has 1 aliphatic rings. The van der Waals surface area contributed by atoms with Gasteiger partial charge in [-0.3, -0.25) is 4.79 Å². The van der Waals surface area contributed by atoms with Crippen LogP contribution in [0, 0.1) is 5.92 Å². The Kier molecular flexibility index (Phi) is 7.04. The monoisotopic (exact) mass is 487 g/mol. The SMILES string of the molecule is O=C(NCCc1ccccc1)C1CCN(c2ncccc2-c2nc(-c3cccc(Cl)c3)no2)CC1. The van der Waals surface area contributed by atoms with Crippen molar-refractivity contribution in [2.24, 2.45) is 5.92 Å². The quantitative estimate of drug-likeness (QED) is 0.393. The van der Waals surface area contributed by atoms with Crippen LogP contribution < -0.4 is 10.2 Å². The van der Waals surface area contributed by atoms with E-state index in [4.69, 9.17) is 16.1 Å². The lowest BCUT2D eigenvalue weighted by Gasteiger charge is -2.32. The second-order valence-electron chi connectivity index (χ2n) is 8.60. The van der Waals surface area contributed by atoms with E-state index >= 15 is 0 Å². The van der Waals surface area contributed by atoms with E-state index in [1.54, 1.807) is 18.3 Å². The molecule has 8 heteroatoms. The molecule has 5 rings (SSSR count). The van der Waals surface area contributed by atoms with Gasteiger partial charge in [-0.15, -0.1) is 0 Å². The first-order chi connectivity index (χ1) is 17.2. The zero-order valence-corrected chi connectivity index (χ0v) is 20.0. The van der Waals surface area contributed by atoms with E-state index in [0.717, 1.165) is 49.3 Å². The summed E-state index contributed by atoms with van der Waals surface area (Å²) < 4.78 is 5.58. The first kappa shape index (κ1) is 23.1. The van der Waals surface area contributed by atoms with Gasteiger partial charge in [0.05, 0.1) is 5.56 Å². The van der Waals surface area contributed by atoms with Crippen molar-refractivity contribution < 1.29 is 9.32 Å². The number of amides is 1. The molecule has 2 aromatic heterocycles. The summed E-state index contributed by atoms with van der Waals surface area (Å²) in [7, 11) is 0. The second-order valence-corrected chi connectivity index (χ2v) is 9.03. The number of anilines is 1. The summed E-state index contributed by atoms with van der Waals surface area (Å²) in [6, 6.07) is 21.3. The molecule has 1 fully saturated rings. The number of nitrogens with one attached hydrogen (secondary N) is 1. The van der Waals surface area contributed by atoms with Crippen LogP contribution in [0.2, 0.25) is 5.02 Å². The molecule has 7 nitrogen and oxygen atoms in total. The number of rotatable bonds is 7. The average Bonchev–Trinajstić information content (AvgIpc) is 3.40. The predicted molar refractivity (Wildman–Crippen MR) is 136 cm³/mol. The molecule has 2 aromatic carbocycles. The first-order valence-corrected chi connectivity index (χ1v) is 12.2. The number of hydrogen-bond donors (Lipinski definition) is 1. The maximum atomic E-state index is 12.7. The third kappa shape index (κ3) is 5.52. The lowest BCUT2D eigenvalue weighted by molar-refractivity contribution is -0.125. The normalized spacial score (nSPS) is 14.1. The molecule has 1 amide bonds. The van der Waals surface area contributed by atoms with Crippen molar-refractivity contribution in [2.45, 2.75) is 19.3 Å². The van der Waals surface area contributed by atoms with Crippen LogP contribution in [0.1, 0.15) is 18.4 Å². The van der Waals surface area contributed by atoms with Gasteiger partial charge in [-0.05, 0) is 49.1 Å². The molecule has 0 aliphatic carbocycles. The molecule has 1 saturated heterocycles. The van der Waals surface area contributed by atoms with Gasteiger partial charge < -0.3 is 14.7 Å². The summed E-state index contributed by atoms with van der Waals surface area (Å²) in [5, 5.41) is 7.84. The van der Waals surface area contributed by atoms with Crippen molar-refractivity contribution in [3.05, 3.63) is 83.5 Å². The van der Waals surface area contributed by atoms with Crippen molar-refractivity contribution in [1.82, 2.24) is 20.4 Å². The summed E-state index contributed by atoms with van der Waals surface area (Å²) in [5.41, 5.74) is 2.79. The lowest BCUT2D eigenvalue weighted by Crippen LogP contribution is -2.41. The highest BCUT2D eigenvalue weighted by Crippen LogP contribution is 2.32. The van der Waals surface area contributed by atoms with Crippen molar-refractivity contribution in [2.75, 3.05) is 24.5 Å². The van der Waals surface area contributed by atoms with Crippen LogP contribution in [-0.4, -0.2) is 40.7 Å². The van der Waals surface area contributed by atoms with Crippen LogP contribution in [0.15, 0.2) is 77.4 Å². The lowest BCUT2D eigenvalue weighted by atomic mass is 9.95. The van der Waals surface area contributed by atoms with Gasteiger partial charge in [-0.25, -0.2) is 4.98 Å². The fourth-order valence-electron chi connectivity index (χ4n) is 4.37. The topological polar surface area (TPSA) is 84.2 Å². The van der Waals surface area contributed by atoms with Gasteiger partial charge in [0.15, 0.2) is 0 Å². The summed E-state index contributed by atoms with van der Waals surface area (Å²) in [6.07, 6.45) is 4.13. The number of nitrogens with zero attached hydrogens (tertiary/aromatic N) is 4. The summed E-state index contributed by atoms with van der Waals surface area (Å²) in [6.45, 7) is 2.12. The van der Waals surface area contributed by atoms with Gasteiger partial charge in [0.2, 0.25) is 11.7 Å². The minimum absolute atomic E-state index is 0.00650. The molecule has 0 spiro atoms. The maximum absolute atomic E-state index is 12.7. The molecule has 0 unspecified atom stereocenters. The Hall–Kier alpha value is -3.71. The fourth-order valence-corrected chi connectivity index (χ4v) is 4.56. The van der Waals surface area contributed by atoms with Crippen LogP contribution in [0.5, 0.6) is 0 Å². The van der Waals surface area contributed by atoms with E-state index in [9.17, 15) is 4.79 Å². The third-order valence-corrected chi connectivity index (χ3v) is 6.48. The summed E-state index contributed by atoms with van der Waals surface area (Å²) in [4.78, 5) is 24.1. The molecule has 1 N–H and O–H groups in total. The number of carbonyl (C=O) groups excluding carboxylic acids is 1. The number of carbonyl (C=O) groups is 1. The van der Waals surface area contributed by atoms with E-state index in [1.165, 1.54) is 5.56 Å². The Morgan fingerprint density at radius 3 is 2.69 bits per heavy atom. The summed E-state index contributed by atoms with van der Waals surface area (Å²) in [5.74, 6) is 1.81. The number of hydrogen-bond acceptors (Lipinski definition) is 6. The van der Waals surface area contributed by atoms with E-state index in [0.29, 0.717) is 23.3 Å². The van der Waals surface area contributed by atoms with Crippen LogP contribution in [0.3, 0.4) is 0 Å². The van der Waals surface area contributed by atoms with E-state index in [2.05, 4.69) is 37.5 Å². The van der Waals surface area contributed by atoms with Crippen LogP contribution in [-0.2, 0) is 11.2 Å². The highest BCUT2D eigenvalue weighted by molar-refractivity contribution is 6.30. The molecular weight excluding hydrogens is 462 g/mol. The van der Waals surface area contributed by atoms with Crippen molar-refractivity contribution in [3.63, 3.8) is 0 Å². The maximum Gasteiger partial charge on any atom is 0.261 e. The fraction of sp³-hybridized carbons (Fsp3) is 0.259. The standard InChI is InChI=1S/C27H26ClN5O2/c28-22-9-4-8-21(18-22)24-31-27(35-32-24)23-10-5-14-29-25(23)33-16-12-20(13-17-33)26(34)30-15-11-19-6-2-1-3-7-19/h1-10,14,18,20H,11-13,15-17H2,(H,30,34). The number of aromatic nitrogens is 3. The highest BCUT2D eigenvalue weighted by Gasteiger charge is 2.27. The molecule has 0 atom stereocenters. The minimum atomic E-state index is 0.00650. The molecule has 178 valence electrons. The second kappa shape index (κ2) is 10.7. The van der Waals surface area contributed by atoms with Crippen LogP contribution in [0.25, 0.3) is 22.8 Å². The zero-order valence-electron chi connectivity index (χ0n) is 19.2. The Morgan fingerprint density at radius 1 is 1.06 bits per heavy atom. The Balaban J connectivity index is 1.21.